The van der Waals surface area contributed by atoms with Gasteiger partial charge in [-0.05, 0) is 26.3 Å². The Labute approximate surface area is 101 Å². The van der Waals surface area contributed by atoms with Crippen molar-refractivity contribution in [3.8, 4) is 0 Å². The van der Waals surface area contributed by atoms with Crippen LogP contribution in [-0.2, 0) is 15.1 Å². The summed E-state index contributed by atoms with van der Waals surface area (Å²) in [5.41, 5.74) is 1.23. The van der Waals surface area contributed by atoms with Crippen LogP contribution in [0.4, 0.5) is 0 Å². The van der Waals surface area contributed by atoms with Crippen LogP contribution >= 0.6 is 0 Å². The molecule has 0 aliphatic rings. The fourth-order valence-corrected chi connectivity index (χ4v) is 1.84. The van der Waals surface area contributed by atoms with E-state index < -0.39 is 11.5 Å². The number of amides is 1. The minimum absolute atomic E-state index is 0.534. The van der Waals surface area contributed by atoms with Crippen LogP contribution in [0.5, 0.6) is 0 Å². The molecule has 0 radical (unpaired) electrons. The van der Waals surface area contributed by atoms with E-state index in [0.29, 0.717) is 12.0 Å². The van der Waals surface area contributed by atoms with Gasteiger partial charge in [0.25, 0.3) is 0 Å². The standard InChI is InChI=1S/C13H17NO3/c1-9-5-10(2)7-11(6-9)13(3,12(16)17)14(4)8-15/h5-8H,1-4H3,(H,16,17). The number of carbonyl (C=O) groups is 2. The van der Waals surface area contributed by atoms with Crippen LogP contribution in [0.15, 0.2) is 18.2 Å². The molecule has 1 aromatic carbocycles. The van der Waals surface area contributed by atoms with Crippen molar-refractivity contribution < 1.29 is 14.7 Å². The summed E-state index contributed by atoms with van der Waals surface area (Å²) in [6, 6.07) is 5.55. The predicted molar refractivity (Wildman–Crippen MR) is 64.7 cm³/mol. The van der Waals surface area contributed by atoms with Crippen molar-refractivity contribution in [1.82, 2.24) is 4.90 Å². The molecule has 0 heterocycles. The maximum absolute atomic E-state index is 11.4. The number of aliphatic carboxylic acids is 1. The lowest BCUT2D eigenvalue weighted by Crippen LogP contribution is -2.47. The Morgan fingerprint density at radius 1 is 1.29 bits per heavy atom. The first-order valence-corrected chi connectivity index (χ1v) is 5.32. The lowest BCUT2D eigenvalue weighted by molar-refractivity contribution is -0.153. The molecule has 4 heteroatoms. The van der Waals surface area contributed by atoms with Gasteiger partial charge >= 0.3 is 5.97 Å². The molecule has 17 heavy (non-hydrogen) atoms. The third-order valence-electron chi connectivity index (χ3n) is 3.06. The number of rotatable bonds is 4. The van der Waals surface area contributed by atoms with Crippen LogP contribution in [0.1, 0.15) is 23.6 Å². The van der Waals surface area contributed by atoms with Crippen LogP contribution in [0.3, 0.4) is 0 Å². The number of carboxylic acids is 1. The highest BCUT2D eigenvalue weighted by Crippen LogP contribution is 2.28. The third-order valence-corrected chi connectivity index (χ3v) is 3.06. The van der Waals surface area contributed by atoms with E-state index in [1.165, 1.54) is 18.9 Å². The van der Waals surface area contributed by atoms with Crippen LogP contribution in [0.2, 0.25) is 0 Å². The van der Waals surface area contributed by atoms with Crippen molar-refractivity contribution in [2.24, 2.45) is 0 Å². The Morgan fingerprint density at radius 2 is 1.76 bits per heavy atom. The minimum Gasteiger partial charge on any atom is -0.479 e. The fraction of sp³-hybridized carbons (Fsp3) is 0.385. The van der Waals surface area contributed by atoms with Gasteiger partial charge in [0.05, 0.1) is 0 Å². The van der Waals surface area contributed by atoms with Gasteiger partial charge < -0.3 is 10.0 Å². The first-order valence-electron chi connectivity index (χ1n) is 5.32. The summed E-state index contributed by atoms with van der Waals surface area (Å²) in [5.74, 6) is -1.04. The first-order chi connectivity index (χ1) is 7.82. The maximum atomic E-state index is 11.4. The molecule has 0 bridgehead atoms. The molecule has 1 aromatic rings. The molecule has 1 N–H and O–H groups in total. The van der Waals surface area contributed by atoms with E-state index in [-0.39, 0.29) is 0 Å². The second-order valence-corrected chi connectivity index (χ2v) is 4.47. The number of carbonyl (C=O) groups excluding carboxylic acids is 1. The van der Waals surface area contributed by atoms with Crippen molar-refractivity contribution in [3.63, 3.8) is 0 Å². The Bertz CT molecular complexity index is 436. The monoisotopic (exact) mass is 235 g/mol. The van der Waals surface area contributed by atoms with Crippen molar-refractivity contribution in [2.75, 3.05) is 7.05 Å². The Hall–Kier alpha value is -1.84. The molecule has 0 spiro atoms. The van der Waals surface area contributed by atoms with E-state index in [0.717, 1.165) is 11.1 Å². The third kappa shape index (κ3) is 2.30. The number of aryl methyl sites for hydroxylation is 2. The van der Waals surface area contributed by atoms with Crippen molar-refractivity contribution in [3.05, 3.63) is 34.9 Å². The van der Waals surface area contributed by atoms with Crippen molar-refractivity contribution in [1.29, 1.82) is 0 Å². The van der Waals surface area contributed by atoms with Gasteiger partial charge in [-0.1, -0.05) is 29.3 Å². The zero-order valence-corrected chi connectivity index (χ0v) is 10.5. The van der Waals surface area contributed by atoms with Crippen LogP contribution < -0.4 is 0 Å². The Balaban J connectivity index is 3.42. The van der Waals surface area contributed by atoms with Crippen LogP contribution in [0, 0.1) is 13.8 Å². The van der Waals surface area contributed by atoms with Gasteiger partial charge in [-0.15, -0.1) is 0 Å². The molecule has 4 nitrogen and oxygen atoms in total. The van der Waals surface area contributed by atoms with Crippen LogP contribution in [-0.4, -0.2) is 29.4 Å². The molecule has 0 aliphatic carbocycles. The normalized spacial score (nSPS) is 13.9. The summed E-state index contributed by atoms with van der Waals surface area (Å²) in [4.78, 5) is 23.5. The van der Waals surface area contributed by atoms with Gasteiger partial charge in [-0.3, -0.25) is 4.79 Å². The van der Waals surface area contributed by atoms with Crippen LogP contribution in [0.25, 0.3) is 0 Å². The first kappa shape index (κ1) is 13.2. The van der Waals surface area contributed by atoms with E-state index in [2.05, 4.69) is 0 Å². The quantitative estimate of drug-likeness (QED) is 0.808. The molecule has 92 valence electrons. The highest BCUT2D eigenvalue weighted by atomic mass is 16.4. The van der Waals surface area contributed by atoms with E-state index in [9.17, 15) is 14.7 Å². The molecule has 0 saturated carbocycles. The average molecular weight is 235 g/mol. The number of hydrogen-bond acceptors (Lipinski definition) is 2. The second kappa shape index (κ2) is 4.57. The number of nitrogens with zero attached hydrogens (tertiary/aromatic N) is 1. The molecule has 1 unspecified atom stereocenters. The Morgan fingerprint density at radius 3 is 2.12 bits per heavy atom. The van der Waals surface area contributed by atoms with E-state index in [4.69, 9.17) is 0 Å². The molecule has 0 aliphatic heterocycles. The van der Waals surface area contributed by atoms with E-state index in [1.807, 2.05) is 19.9 Å². The molecule has 1 amide bonds. The number of hydrogen-bond donors (Lipinski definition) is 1. The number of likely N-dealkylation sites (N-methyl/N-ethyl adjacent to an activating group) is 1. The van der Waals surface area contributed by atoms with Gasteiger partial charge in [0, 0.05) is 7.05 Å². The van der Waals surface area contributed by atoms with Gasteiger partial charge in [0.15, 0.2) is 5.54 Å². The SMILES string of the molecule is Cc1cc(C)cc(C(C)(C(=O)O)N(C)C=O)c1. The predicted octanol–water partition coefficient (Wildman–Crippen LogP) is 1.69. The zero-order valence-electron chi connectivity index (χ0n) is 10.5. The molecule has 1 rings (SSSR count). The number of carboxylic acid groups (broad SMARTS) is 1. The molecular formula is C13H17NO3. The van der Waals surface area contributed by atoms with Crippen molar-refractivity contribution >= 4 is 12.4 Å². The molecular weight excluding hydrogens is 218 g/mol. The van der Waals surface area contributed by atoms with E-state index >= 15 is 0 Å². The van der Waals surface area contributed by atoms with Gasteiger partial charge in [0.2, 0.25) is 6.41 Å². The molecule has 0 fully saturated rings. The van der Waals surface area contributed by atoms with Crippen molar-refractivity contribution in [2.45, 2.75) is 26.3 Å². The summed E-state index contributed by atoms with van der Waals surface area (Å²) in [5, 5.41) is 9.37. The van der Waals surface area contributed by atoms with Gasteiger partial charge in [0.1, 0.15) is 0 Å². The minimum atomic E-state index is -1.33. The average Bonchev–Trinajstić information content (AvgIpc) is 2.25. The highest BCUT2D eigenvalue weighted by Gasteiger charge is 2.39. The molecule has 0 aromatic heterocycles. The smallest absolute Gasteiger partial charge is 0.334 e. The lowest BCUT2D eigenvalue weighted by Gasteiger charge is -2.33. The van der Waals surface area contributed by atoms with Gasteiger partial charge in [-0.2, -0.15) is 0 Å². The topological polar surface area (TPSA) is 57.6 Å². The molecule has 0 saturated heterocycles. The summed E-state index contributed by atoms with van der Waals surface area (Å²) >= 11 is 0. The molecule has 1 atom stereocenters. The summed E-state index contributed by atoms with van der Waals surface area (Å²) < 4.78 is 0. The zero-order chi connectivity index (χ0) is 13.2. The van der Waals surface area contributed by atoms with E-state index in [1.54, 1.807) is 12.1 Å². The maximum Gasteiger partial charge on any atom is 0.334 e. The van der Waals surface area contributed by atoms with Gasteiger partial charge in [-0.25, -0.2) is 4.79 Å². The highest BCUT2D eigenvalue weighted by molar-refractivity contribution is 5.82. The fourth-order valence-electron chi connectivity index (χ4n) is 1.84. The Kier molecular flexibility index (Phi) is 3.56. The lowest BCUT2D eigenvalue weighted by atomic mass is 9.88. The summed E-state index contributed by atoms with van der Waals surface area (Å²) in [6.45, 7) is 5.33. The largest absolute Gasteiger partial charge is 0.479 e. The summed E-state index contributed by atoms with van der Waals surface area (Å²) in [6.07, 6.45) is 0.534. The summed E-state index contributed by atoms with van der Waals surface area (Å²) in [7, 11) is 1.47. The number of benzene rings is 1. The second-order valence-electron chi connectivity index (χ2n) is 4.47.